The molecule has 2 heterocycles. The molecule has 10 nitrogen and oxygen atoms in total. The van der Waals surface area contributed by atoms with Crippen LogP contribution >= 0.6 is 11.5 Å². The molecular weight excluding hydrogens is 470 g/mol. The van der Waals surface area contributed by atoms with Crippen LogP contribution in [-0.2, 0) is 4.79 Å². The molecule has 4 rings (SSSR count). The monoisotopic (exact) mass is 497 g/mol. The van der Waals surface area contributed by atoms with E-state index in [0.29, 0.717) is 18.0 Å². The average molecular weight is 498 g/mol. The van der Waals surface area contributed by atoms with E-state index in [1.165, 1.54) is 11.2 Å². The lowest BCUT2D eigenvalue weighted by Gasteiger charge is -2.30. The third-order valence-electron chi connectivity index (χ3n) is 5.82. The van der Waals surface area contributed by atoms with Gasteiger partial charge in [-0.3, -0.25) is 19.3 Å². The molecule has 11 heteroatoms. The zero-order valence-electron chi connectivity index (χ0n) is 19.2. The number of amides is 3. The van der Waals surface area contributed by atoms with Crippen LogP contribution in [0.1, 0.15) is 64.6 Å². The van der Waals surface area contributed by atoms with Crippen LogP contribution in [0.5, 0.6) is 5.75 Å². The summed E-state index contributed by atoms with van der Waals surface area (Å²) in [4.78, 5) is 40.5. The van der Waals surface area contributed by atoms with Gasteiger partial charge < -0.3 is 25.9 Å². The van der Waals surface area contributed by atoms with Gasteiger partial charge in [-0.25, -0.2) is 0 Å². The molecule has 0 saturated heterocycles. The summed E-state index contributed by atoms with van der Waals surface area (Å²) in [5.74, 6) is -0.943. The molecule has 0 bridgehead atoms. The molecule has 5 N–H and O–H groups in total. The first kappa shape index (κ1) is 24.3. The number of nitrogen functional groups attached to an aromatic ring is 1. The van der Waals surface area contributed by atoms with Crippen molar-refractivity contribution in [3.05, 3.63) is 59.0 Å². The molecule has 1 aliphatic rings. The highest BCUT2D eigenvalue weighted by Crippen LogP contribution is 2.34. The Morgan fingerprint density at radius 3 is 2.51 bits per heavy atom. The van der Waals surface area contributed by atoms with E-state index in [-0.39, 0.29) is 34.0 Å². The summed E-state index contributed by atoms with van der Waals surface area (Å²) < 4.78 is 15.1. The van der Waals surface area contributed by atoms with Gasteiger partial charge in [-0.1, -0.05) is 12.8 Å². The van der Waals surface area contributed by atoms with E-state index in [0.717, 1.165) is 37.2 Å². The maximum absolute atomic E-state index is 13.9. The first-order chi connectivity index (χ1) is 16.9. The Hall–Kier alpha value is -3.86. The van der Waals surface area contributed by atoms with Crippen LogP contribution in [0.2, 0.25) is 0 Å². The first-order valence-corrected chi connectivity index (χ1v) is 12.1. The number of anilines is 2. The summed E-state index contributed by atoms with van der Waals surface area (Å²) in [7, 11) is 0. The number of primary amides is 1. The Labute approximate surface area is 206 Å². The smallest absolute Gasteiger partial charge is 0.273 e. The summed E-state index contributed by atoms with van der Waals surface area (Å²) >= 11 is 0.752. The second-order valence-corrected chi connectivity index (χ2v) is 8.92. The largest absolute Gasteiger partial charge is 0.494 e. The van der Waals surface area contributed by atoms with Crippen LogP contribution in [0, 0.1) is 0 Å². The number of furan rings is 1. The van der Waals surface area contributed by atoms with Gasteiger partial charge in [-0.2, -0.15) is 4.37 Å². The van der Waals surface area contributed by atoms with Crippen molar-refractivity contribution < 1.29 is 23.5 Å². The van der Waals surface area contributed by atoms with E-state index in [1.807, 2.05) is 6.92 Å². The molecule has 2 aromatic heterocycles. The minimum absolute atomic E-state index is 0.00194. The van der Waals surface area contributed by atoms with E-state index >= 15 is 0 Å². The molecule has 1 fully saturated rings. The molecule has 0 spiro atoms. The van der Waals surface area contributed by atoms with Crippen LogP contribution < -0.4 is 26.4 Å². The number of benzene rings is 1. The predicted molar refractivity (Wildman–Crippen MR) is 131 cm³/mol. The maximum Gasteiger partial charge on any atom is 0.273 e. The lowest BCUT2D eigenvalue weighted by Crippen LogP contribution is -2.46. The van der Waals surface area contributed by atoms with Crippen molar-refractivity contribution in [2.24, 2.45) is 5.73 Å². The van der Waals surface area contributed by atoms with E-state index in [1.54, 1.807) is 36.4 Å². The van der Waals surface area contributed by atoms with Crippen molar-refractivity contribution in [3.63, 3.8) is 0 Å². The molecule has 0 radical (unpaired) electrons. The predicted octanol–water partition coefficient (Wildman–Crippen LogP) is 3.26. The van der Waals surface area contributed by atoms with Gasteiger partial charge in [0.15, 0.2) is 11.7 Å². The van der Waals surface area contributed by atoms with E-state index in [4.69, 9.17) is 20.6 Å². The molecule has 1 saturated carbocycles. The molecule has 184 valence electrons. The average Bonchev–Trinajstić information content (AvgIpc) is 3.60. The van der Waals surface area contributed by atoms with Gasteiger partial charge in [0.05, 0.1) is 18.6 Å². The summed E-state index contributed by atoms with van der Waals surface area (Å²) in [5.41, 5.74) is 11.5. The van der Waals surface area contributed by atoms with Crippen molar-refractivity contribution in [3.8, 4) is 5.75 Å². The Kier molecular flexibility index (Phi) is 7.35. The van der Waals surface area contributed by atoms with Crippen molar-refractivity contribution in [1.29, 1.82) is 0 Å². The van der Waals surface area contributed by atoms with Crippen molar-refractivity contribution in [2.45, 2.75) is 44.7 Å². The van der Waals surface area contributed by atoms with E-state index in [2.05, 4.69) is 9.69 Å². The molecule has 35 heavy (non-hydrogen) atoms. The van der Waals surface area contributed by atoms with Crippen LogP contribution in [0.4, 0.5) is 11.4 Å². The fraction of sp³-hybridized carbons (Fsp3) is 0.333. The fourth-order valence-corrected chi connectivity index (χ4v) is 4.90. The third-order valence-corrected chi connectivity index (χ3v) is 6.67. The molecule has 3 aromatic rings. The number of hydrogen-bond donors (Lipinski definition) is 3. The van der Waals surface area contributed by atoms with E-state index in [9.17, 15) is 14.4 Å². The Morgan fingerprint density at radius 1 is 1.23 bits per heavy atom. The van der Waals surface area contributed by atoms with Crippen molar-refractivity contribution in [2.75, 3.05) is 17.2 Å². The van der Waals surface area contributed by atoms with Gasteiger partial charge in [0.2, 0.25) is 0 Å². The molecule has 1 atom stereocenters. The summed E-state index contributed by atoms with van der Waals surface area (Å²) in [6.45, 7) is 2.35. The number of aromatic nitrogens is 1. The molecule has 1 unspecified atom stereocenters. The number of carbonyl (C=O) groups is 3. The van der Waals surface area contributed by atoms with Crippen molar-refractivity contribution in [1.82, 2.24) is 9.69 Å². The number of rotatable bonds is 9. The highest BCUT2D eigenvalue weighted by atomic mass is 32.1. The molecule has 0 aliphatic heterocycles. The molecule has 3 amide bonds. The van der Waals surface area contributed by atoms with Crippen LogP contribution in [0.25, 0.3) is 0 Å². The highest BCUT2D eigenvalue weighted by Gasteiger charge is 2.38. The lowest BCUT2D eigenvalue weighted by atomic mass is 10.1. The molecule has 1 aliphatic carbocycles. The topological polar surface area (TPSA) is 154 Å². The quantitative estimate of drug-likeness (QED) is 0.410. The second-order valence-electron chi connectivity index (χ2n) is 8.15. The fourth-order valence-electron chi connectivity index (χ4n) is 4.16. The third kappa shape index (κ3) is 5.14. The summed E-state index contributed by atoms with van der Waals surface area (Å²) in [5, 5.41) is 3.06. The molecule has 1 aromatic carbocycles. The van der Waals surface area contributed by atoms with Gasteiger partial charge in [0, 0.05) is 11.7 Å². The van der Waals surface area contributed by atoms with Crippen LogP contribution in [0.3, 0.4) is 0 Å². The normalized spacial score (nSPS) is 14.4. The standard InChI is InChI=1S/C24H27N5O5S/c1-2-33-16-11-9-15(10-12-16)29(24(32)21-18(25)19(22(26)30)28-35-21)20(17-8-5-13-34-17)23(31)27-14-6-3-4-7-14/h5,8-14,20H,2-4,6-7,25H2,1H3,(H2,26,30)(H,27,31). The zero-order valence-corrected chi connectivity index (χ0v) is 20.0. The minimum atomic E-state index is -1.13. The van der Waals surface area contributed by atoms with Crippen LogP contribution in [0.15, 0.2) is 47.1 Å². The number of nitrogens with two attached hydrogens (primary N) is 2. The van der Waals surface area contributed by atoms with Gasteiger partial charge >= 0.3 is 0 Å². The van der Waals surface area contributed by atoms with Gasteiger partial charge in [-0.15, -0.1) is 0 Å². The minimum Gasteiger partial charge on any atom is -0.494 e. The summed E-state index contributed by atoms with van der Waals surface area (Å²) in [6.07, 6.45) is 5.25. The van der Waals surface area contributed by atoms with Gasteiger partial charge in [0.25, 0.3) is 17.7 Å². The molecular formula is C24H27N5O5S. The number of nitrogens with one attached hydrogen (secondary N) is 1. The Morgan fingerprint density at radius 2 is 1.94 bits per heavy atom. The first-order valence-electron chi connectivity index (χ1n) is 11.4. The number of carbonyl (C=O) groups excluding carboxylic acids is 3. The van der Waals surface area contributed by atoms with E-state index < -0.39 is 17.9 Å². The lowest BCUT2D eigenvalue weighted by molar-refractivity contribution is -0.123. The number of hydrogen-bond acceptors (Lipinski definition) is 8. The Balaban J connectivity index is 1.79. The van der Waals surface area contributed by atoms with Crippen LogP contribution in [-0.4, -0.2) is 34.7 Å². The zero-order chi connectivity index (χ0) is 24.9. The summed E-state index contributed by atoms with van der Waals surface area (Å²) in [6, 6.07) is 8.94. The number of nitrogens with zero attached hydrogens (tertiary/aromatic N) is 2. The maximum atomic E-state index is 13.9. The SMILES string of the molecule is CCOc1ccc(N(C(=O)c2snc(C(N)=O)c2N)C(C(=O)NC2CCCC2)c2ccco2)cc1. The van der Waals surface area contributed by atoms with Crippen molar-refractivity contribution >= 4 is 40.6 Å². The van der Waals surface area contributed by atoms with Gasteiger partial charge in [0.1, 0.15) is 16.4 Å². The second kappa shape index (κ2) is 10.6. The highest BCUT2D eigenvalue weighted by molar-refractivity contribution is 7.09. The van der Waals surface area contributed by atoms with Gasteiger partial charge in [-0.05, 0) is 67.7 Å². The Bertz CT molecular complexity index is 1190. The number of ether oxygens (including phenoxy) is 1.